The van der Waals surface area contributed by atoms with E-state index in [0.29, 0.717) is 30.1 Å². The lowest BCUT2D eigenvalue weighted by atomic mass is 9.83. The second-order valence-electron chi connectivity index (χ2n) is 9.30. The van der Waals surface area contributed by atoms with Crippen molar-refractivity contribution in [1.29, 1.82) is 5.26 Å². The average molecular weight is 419 g/mol. The number of benzene rings is 1. The Morgan fingerprint density at radius 1 is 1.16 bits per heavy atom. The topological polar surface area (TPSA) is 93.0 Å². The molecule has 0 bridgehead atoms. The van der Waals surface area contributed by atoms with Gasteiger partial charge in [-0.3, -0.25) is 9.58 Å². The largest absolute Gasteiger partial charge is 0.472 e. The maximum Gasteiger partial charge on any atom is 0.227 e. The first kappa shape index (κ1) is 21.1. The maximum absolute atomic E-state index is 9.64. The molecule has 0 aliphatic carbocycles. The molecule has 7 heteroatoms. The maximum atomic E-state index is 9.64. The molecule has 3 aromatic rings. The minimum Gasteiger partial charge on any atom is -0.472 e. The van der Waals surface area contributed by atoms with Crippen LogP contribution in [-0.4, -0.2) is 38.3 Å². The van der Waals surface area contributed by atoms with Crippen LogP contribution in [0.15, 0.2) is 42.6 Å². The van der Waals surface area contributed by atoms with Crippen LogP contribution in [0.2, 0.25) is 0 Å². The molecule has 1 saturated heterocycles. The Morgan fingerprint density at radius 3 is 2.52 bits per heavy atom. The van der Waals surface area contributed by atoms with Gasteiger partial charge in [0.15, 0.2) is 5.82 Å². The molecule has 162 valence electrons. The number of nitrogens with zero attached hydrogens (tertiary/aromatic N) is 5. The molecule has 0 saturated carbocycles. The third-order valence-electron chi connectivity index (χ3n) is 6.30. The second kappa shape index (κ2) is 8.20. The number of piperidine rings is 1. The van der Waals surface area contributed by atoms with Gasteiger partial charge in [-0.05, 0) is 45.2 Å². The fourth-order valence-corrected chi connectivity index (χ4v) is 4.46. The van der Waals surface area contributed by atoms with Gasteiger partial charge in [-0.2, -0.15) is 10.4 Å². The molecule has 2 aromatic heterocycles. The fourth-order valence-electron chi connectivity index (χ4n) is 4.46. The Balaban J connectivity index is 1.68. The van der Waals surface area contributed by atoms with Crippen molar-refractivity contribution in [3.05, 3.63) is 48.2 Å². The Kier molecular flexibility index (Phi) is 5.59. The van der Waals surface area contributed by atoms with Gasteiger partial charge in [0.1, 0.15) is 12.0 Å². The Bertz CT molecular complexity index is 1080. The number of likely N-dealkylation sites (tertiary alicyclic amines) is 1. The molecule has 0 unspecified atom stereocenters. The highest BCUT2D eigenvalue weighted by Crippen LogP contribution is 2.40. The molecule has 0 radical (unpaired) electrons. The normalized spacial score (nSPS) is 16.8. The molecule has 1 aliphatic heterocycles. The molecule has 31 heavy (non-hydrogen) atoms. The number of aromatic nitrogens is 3. The predicted molar refractivity (Wildman–Crippen MR) is 121 cm³/mol. The second-order valence-corrected chi connectivity index (χ2v) is 9.30. The number of ether oxygens (including phenoxy) is 1. The minimum atomic E-state index is -0.385. The van der Waals surface area contributed by atoms with Gasteiger partial charge in [-0.15, -0.1) is 0 Å². The number of rotatable bonds is 5. The van der Waals surface area contributed by atoms with Crippen molar-refractivity contribution in [2.75, 3.05) is 18.8 Å². The Labute approximate surface area is 183 Å². The zero-order valence-electron chi connectivity index (χ0n) is 18.5. The number of nitrogens with two attached hydrogens (primary N) is 1. The molecule has 1 fully saturated rings. The summed E-state index contributed by atoms with van der Waals surface area (Å²) in [5.41, 5.74) is 8.01. The van der Waals surface area contributed by atoms with Gasteiger partial charge >= 0.3 is 0 Å². The molecule has 4 rings (SSSR count). The van der Waals surface area contributed by atoms with Crippen molar-refractivity contribution < 1.29 is 4.74 Å². The zero-order chi connectivity index (χ0) is 22.1. The molecular formula is C24H30N6O. The van der Waals surface area contributed by atoms with Crippen LogP contribution >= 0.6 is 0 Å². The predicted octanol–water partition coefficient (Wildman–Crippen LogP) is 4.10. The van der Waals surface area contributed by atoms with Crippen LogP contribution < -0.4 is 10.5 Å². The summed E-state index contributed by atoms with van der Waals surface area (Å²) in [6, 6.07) is 14.3. The molecule has 0 spiro atoms. The van der Waals surface area contributed by atoms with E-state index in [1.165, 1.54) is 0 Å². The van der Waals surface area contributed by atoms with Crippen molar-refractivity contribution in [2.45, 2.75) is 57.7 Å². The van der Waals surface area contributed by atoms with Crippen LogP contribution in [-0.2, 0) is 12.1 Å². The van der Waals surface area contributed by atoms with Crippen LogP contribution in [0.1, 0.15) is 45.6 Å². The third-order valence-corrected chi connectivity index (χ3v) is 6.30. The molecule has 0 atom stereocenters. The summed E-state index contributed by atoms with van der Waals surface area (Å²) in [5, 5.41) is 15.1. The number of nitriles is 1. The van der Waals surface area contributed by atoms with Gasteiger partial charge in [0.2, 0.25) is 5.88 Å². The first-order valence-electron chi connectivity index (χ1n) is 10.8. The molecule has 7 nitrogen and oxygen atoms in total. The van der Waals surface area contributed by atoms with E-state index in [2.05, 4.69) is 36.7 Å². The molecule has 3 heterocycles. The van der Waals surface area contributed by atoms with Crippen molar-refractivity contribution in [1.82, 2.24) is 19.7 Å². The zero-order valence-corrected chi connectivity index (χ0v) is 18.5. The van der Waals surface area contributed by atoms with Gasteiger partial charge < -0.3 is 10.5 Å². The van der Waals surface area contributed by atoms with Crippen molar-refractivity contribution >= 4 is 16.7 Å². The number of pyridine rings is 1. The number of anilines is 1. The lowest BCUT2D eigenvalue weighted by Gasteiger charge is -2.46. The average Bonchev–Trinajstić information content (AvgIpc) is 3.11. The van der Waals surface area contributed by atoms with E-state index in [-0.39, 0.29) is 11.1 Å². The number of fused-ring (bicyclic) bond motifs is 1. The summed E-state index contributed by atoms with van der Waals surface area (Å²) < 4.78 is 7.99. The number of hydrogen-bond acceptors (Lipinski definition) is 6. The standard InChI is InChI=1S/C24H30N6O/c1-23(2,3)29-15-11-24(10-13-25,12-16-29)30-19-9-14-27-22(20(19)21(26)28-30)31-17-18-7-5-4-6-8-18/h4-9,14H,10-12,15-17H2,1-3H3,(H2,26,28). The monoisotopic (exact) mass is 418 g/mol. The smallest absolute Gasteiger partial charge is 0.227 e. The highest BCUT2D eigenvalue weighted by Gasteiger charge is 2.41. The summed E-state index contributed by atoms with van der Waals surface area (Å²) in [5.74, 6) is 0.867. The quantitative estimate of drug-likeness (QED) is 0.671. The summed E-state index contributed by atoms with van der Waals surface area (Å²) in [4.78, 5) is 6.89. The summed E-state index contributed by atoms with van der Waals surface area (Å²) >= 11 is 0. The van der Waals surface area contributed by atoms with Crippen LogP contribution in [0.3, 0.4) is 0 Å². The first-order chi connectivity index (χ1) is 14.8. The SMILES string of the molecule is CC(C)(C)N1CCC(CC#N)(n2nc(N)c3c(OCc4ccccc4)nccc32)CC1. The molecule has 0 amide bonds. The Hall–Kier alpha value is -3.11. The molecule has 1 aliphatic rings. The molecular weight excluding hydrogens is 388 g/mol. The van der Waals surface area contributed by atoms with E-state index in [9.17, 15) is 5.26 Å². The van der Waals surface area contributed by atoms with Gasteiger partial charge in [0, 0.05) is 24.8 Å². The Morgan fingerprint density at radius 2 is 1.87 bits per heavy atom. The van der Waals surface area contributed by atoms with Gasteiger partial charge in [0.25, 0.3) is 0 Å². The number of hydrogen-bond donors (Lipinski definition) is 1. The van der Waals surface area contributed by atoms with Crippen LogP contribution in [0.25, 0.3) is 10.9 Å². The van der Waals surface area contributed by atoms with Crippen molar-refractivity contribution in [2.24, 2.45) is 0 Å². The molecule has 1 aromatic carbocycles. The fraction of sp³-hybridized carbons (Fsp3) is 0.458. The third kappa shape index (κ3) is 4.08. The van der Waals surface area contributed by atoms with E-state index in [0.717, 1.165) is 37.0 Å². The van der Waals surface area contributed by atoms with Crippen molar-refractivity contribution in [3.8, 4) is 11.9 Å². The van der Waals surface area contributed by atoms with Crippen LogP contribution in [0.5, 0.6) is 5.88 Å². The van der Waals surface area contributed by atoms with E-state index < -0.39 is 0 Å². The molecule has 2 N–H and O–H groups in total. The lowest BCUT2D eigenvalue weighted by molar-refractivity contribution is 0.0459. The lowest BCUT2D eigenvalue weighted by Crippen LogP contribution is -2.52. The van der Waals surface area contributed by atoms with Gasteiger partial charge in [-0.25, -0.2) is 4.98 Å². The van der Waals surface area contributed by atoms with Crippen LogP contribution in [0.4, 0.5) is 5.82 Å². The van der Waals surface area contributed by atoms with E-state index in [1.54, 1.807) is 6.20 Å². The summed E-state index contributed by atoms with van der Waals surface area (Å²) in [6.45, 7) is 8.92. The van der Waals surface area contributed by atoms with Crippen molar-refractivity contribution in [3.63, 3.8) is 0 Å². The minimum absolute atomic E-state index is 0.104. The van der Waals surface area contributed by atoms with E-state index >= 15 is 0 Å². The van der Waals surface area contributed by atoms with Gasteiger partial charge in [0.05, 0.1) is 23.5 Å². The van der Waals surface area contributed by atoms with E-state index in [1.807, 2.05) is 41.1 Å². The summed E-state index contributed by atoms with van der Waals surface area (Å²) in [7, 11) is 0. The highest BCUT2D eigenvalue weighted by molar-refractivity contribution is 5.93. The van der Waals surface area contributed by atoms with E-state index in [4.69, 9.17) is 15.6 Å². The number of nitrogen functional groups attached to an aromatic ring is 1. The highest BCUT2D eigenvalue weighted by atomic mass is 16.5. The van der Waals surface area contributed by atoms with Crippen LogP contribution in [0, 0.1) is 11.3 Å². The summed E-state index contributed by atoms with van der Waals surface area (Å²) in [6.07, 6.45) is 3.81. The van der Waals surface area contributed by atoms with Gasteiger partial charge in [-0.1, -0.05) is 30.3 Å². The first-order valence-corrected chi connectivity index (χ1v) is 10.8.